The molecule has 0 atom stereocenters. The lowest BCUT2D eigenvalue weighted by molar-refractivity contribution is 1.15. The number of rotatable bonds is 3. The van der Waals surface area contributed by atoms with Crippen molar-refractivity contribution in [2.75, 3.05) is 5.32 Å². The van der Waals surface area contributed by atoms with Crippen molar-refractivity contribution in [3.8, 4) is 0 Å². The molecule has 0 unspecified atom stereocenters. The van der Waals surface area contributed by atoms with Crippen LogP contribution >= 0.6 is 55.1 Å². The molecular weight excluding hydrogens is 401 g/mol. The van der Waals surface area contributed by atoms with Gasteiger partial charge in [0.15, 0.2) is 0 Å². The van der Waals surface area contributed by atoms with E-state index in [4.69, 9.17) is 23.2 Å². The first-order chi connectivity index (χ1) is 8.56. The van der Waals surface area contributed by atoms with Gasteiger partial charge in [-0.1, -0.05) is 67.2 Å². The van der Waals surface area contributed by atoms with Crippen LogP contribution in [0.2, 0.25) is 10.0 Å². The van der Waals surface area contributed by atoms with Crippen molar-refractivity contribution < 1.29 is 0 Å². The average Bonchev–Trinajstić information content (AvgIpc) is 2.30. The third-order valence-corrected chi connectivity index (χ3v) is 3.97. The number of hydrogen-bond donors (Lipinski definition) is 1. The molecule has 0 bridgehead atoms. The van der Waals surface area contributed by atoms with Gasteiger partial charge in [0.1, 0.15) is 0 Å². The van der Waals surface area contributed by atoms with Crippen molar-refractivity contribution in [1.29, 1.82) is 0 Å². The van der Waals surface area contributed by atoms with Gasteiger partial charge in [-0.15, -0.1) is 0 Å². The minimum atomic E-state index is 0.603. The first-order valence-corrected chi connectivity index (χ1v) is 7.53. The summed E-state index contributed by atoms with van der Waals surface area (Å²) in [4.78, 5) is 0. The fraction of sp³-hybridized carbons (Fsp3) is 0.0769. The van der Waals surface area contributed by atoms with Gasteiger partial charge in [0.25, 0.3) is 0 Å². The van der Waals surface area contributed by atoms with Crippen LogP contribution in [0, 0.1) is 0 Å². The van der Waals surface area contributed by atoms with Crippen LogP contribution < -0.4 is 5.32 Å². The summed E-state index contributed by atoms with van der Waals surface area (Å²) in [6.45, 7) is 0.675. The van der Waals surface area contributed by atoms with E-state index in [9.17, 15) is 0 Å². The summed E-state index contributed by atoms with van der Waals surface area (Å²) in [5.41, 5.74) is 1.91. The van der Waals surface area contributed by atoms with Crippen molar-refractivity contribution in [2.45, 2.75) is 6.54 Å². The van der Waals surface area contributed by atoms with Crippen LogP contribution in [0.4, 0.5) is 5.69 Å². The third kappa shape index (κ3) is 3.64. The lowest BCUT2D eigenvalue weighted by atomic mass is 10.2. The van der Waals surface area contributed by atoms with E-state index in [1.165, 1.54) is 0 Å². The van der Waals surface area contributed by atoms with Crippen molar-refractivity contribution in [2.24, 2.45) is 0 Å². The average molecular weight is 410 g/mol. The first-order valence-electron chi connectivity index (χ1n) is 5.19. The van der Waals surface area contributed by atoms with Gasteiger partial charge in [-0.2, -0.15) is 0 Å². The molecule has 0 aliphatic heterocycles. The van der Waals surface area contributed by atoms with Crippen LogP contribution in [-0.4, -0.2) is 0 Å². The summed E-state index contributed by atoms with van der Waals surface area (Å²) in [6, 6.07) is 11.7. The second-order valence-electron chi connectivity index (χ2n) is 3.72. The molecule has 0 spiro atoms. The van der Waals surface area contributed by atoms with E-state index in [0.29, 0.717) is 16.6 Å². The molecule has 0 aliphatic carbocycles. The predicted octanol–water partition coefficient (Wildman–Crippen LogP) is 6.13. The lowest BCUT2D eigenvalue weighted by Crippen LogP contribution is -2.00. The highest BCUT2D eigenvalue weighted by atomic mass is 79.9. The molecule has 2 aromatic carbocycles. The summed E-state index contributed by atoms with van der Waals surface area (Å²) in [6.07, 6.45) is 0. The van der Waals surface area contributed by atoms with E-state index in [2.05, 4.69) is 37.2 Å². The van der Waals surface area contributed by atoms with Crippen LogP contribution in [-0.2, 0) is 6.54 Å². The molecule has 0 amide bonds. The first kappa shape index (κ1) is 14.2. The Balaban J connectivity index is 2.13. The topological polar surface area (TPSA) is 12.0 Å². The Morgan fingerprint density at radius 2 is 1.44 bits per heavy atom. The lowest BCUT2D eigenvalue weighted by Gasteiger charge is -2.11. The summed E-state index contributed by atoms with van der Waals surface area (Å²) >= 11 is 19.0. The summed E-state index contributed by atoms with van der Waals surface area (Å²) in [7, 11) is 0. The highest BCUT2D eigenvalue weighted by Crippen LogP contribution is 2.34. The van der Waals surface area contributed by atoms with Gasteiger partial charge in [0.05, 0.1) is 15.7 Å². The fourth-order valence-electron chi connectivity index (χ4n) is 1.50. The molecular formula is C13H9Br2Cl2N. The van der Waals surface area contributed by atoms with Crippen LogP contribution in [0.1, 0.15) is 5.56 Å². The molecule has 1 nitrogen and oxygen atoms in total. The van der Waals surface area contributed by atoms with E-state index >= 15 is 0 Å². The Morgan fingerprint density at radius 3 is 2.00 bits per heavy atom. The maximum atomic E-state index is 6.14. The Kier molecular flexibility index (Phi) is 4.96. The van der Waals surface area contributed by atoms with Gasteiger partial charge in [0.2, 0.25) is 0 Å². The minimum absolute atomic E-state index is 0.603. The van der Waals surface area contributed by atoms with Gasteiger partial charge in [-0.3, -0.25) is 0 Å². The van der Waals surface area contributed by atoms with Gasteiger partial charge in [-0.05, 0) is 29.8 Å². The van der Waals surface area contributed by atoms with E-state index in [-0.39, 0.29) is 0 Å². The second kappa shape index (κ2) is 6.29. The Bertz CT molecular complexity index is 532. The molecule has 18 heavy (non-hydrogen) atoms. The zero-order valence-electron chi connectivity index (χ0n) is 9.18. The molecule has 2 aromatic rings. The van der Waals surface area contributed by atoms with Crippen molar-refractivity contribution in [3.63, 3.8) is 0 Å². The van der Waals surface area contributed by atoms with Crippen molar-refractivity contribution >= 4 is 60.7 Å². The van der Waals surface area contributed by atoms with Crippen molar-refractivity contribution in [3.05, 3.63) is 61.0 Å². The summed E-state index contributed by atoms with van der Waals surface area (Å²) in [5, 5.41) is 4.45. The van der Waals surface area contributed by atoms with E-state index in [0.717, 1.165) is 20.2 Å². The molecule has 5 heteroatoms. The largest absolute Gasteiger partial charge is 0.379 e. The van der Waals surface area contributed by atoms with Gasteiger partial charge >= 0.3 is 0 Å². The molecule has 0 aliphatic rings. The van der Waals surface area contributed by atoms with Crippen LogP contribution in [0.15, 0.2) is 45.3 Å². The van der Waals surface area contributed by atoms with Gasteiger partial charge in [0, 0.05) is 15.5 Å². The maximum Gasteiger partial charge on any atom is 0.0722 e. The SMILES string of the molecule is Clc1cc(Br)cc(Cl)c1NCc1ccc(Br)cc1. The van der Waals surface area contributed by atoms with Crippen LogP contribution in [0.3, 0.4) is 0 Å². The highest BCUT2D eigenvalue weighted by Gasteiger charge is 2.07. The second-order valence-corrected chi connectivity index (χ2v) is 6.37. The van der Waals surface area contributed by atoms with E-state index in [1.807, 2.05) is 36.4 Å². The molecule has 0 fully saturated rings. The Labute approximate surface area is 133 Å². The van der Waals surface area contributed by atoms with E-state index < -0.39 is 0 Å². The standard InChI is InChI=1S/C13H9Br2Cl2N/c14-9-3-1-8(2-4-9)7-18-13-11(16)5-10(15)6-12(13)17/h1-6,18H,7H2. The number of nitrogens with one attached hydrogen (secondary N) is 1. The van der Waals surface area contributed by atoms with Crippen LogP contribution in [0.5, 0.6) is 0 Å². The maximum absolute atomic E-state index is 6.14. The fourth-order valence-corrected chi connectivity index (χ4v) is 3.11. The zero-order valence-corrected chi connectivity index (χ0v) is 13.9. The number of anilines is 1. The summed E-state index contributed by atoms with van der Waals surface area (Å²) < 4.78 is 1.93. The van der Waals surface area contributed by atoms with Gasteiger partial charge < -0.3 is 5.32 Å². The number of benzene rings is 2. The molecule has 0 saturated carbocycles. The molecule has 0 saturated heterocycles. The number of hydrogen-bond acceptors (Lipinski definition) is 1. The molecule has 2 rings (SSSR count). The van der Waals surface area contributed by atoms with Gasteiger partial charge in [-0.25, -0.2) is 0 Å². The Morgan fingerprint density at radius 1 is 0.889 bits per heavy atom. The van der Waals surface area contributed by atoms with Crippen LogP contribution in [0.25, 0.3) is 0 Å². The molecule has 1 N–H and O–H groups in total. The smallest absolute Gasteiger partial charge is 0.0722 e. The predicted molar refractivity (Wildman–Crippen MR) is 85.6 cm³/mol. The third-order valence-electron chi connectivity index (χ3n) is 2.39. The zero-order chi connectivity index (χ0) is 13.1. The molecule has 0 heterocycles. The van der Waals surface area contributed by atoms with E-state index in [1.54, 1.807) is 0 Å². The van der Waals surface area contributed by atoms with Crippen molar-refractivity contribution in [1.82, 2.24) is 0 Å². The molecule has 0 radical (unpaired) electrons. The minimum Gasteiger partial charge on any atom is -0.379 e. The monoisotopic (exact) mass is 407 g/mol. The molecule has 0 aromatic heterocycles. The molecule has 94 valence electrons. The number of halogens is 4. The normalized spacial score (nSPS) is 10.4. The quantitative estimate of drug-likeness (QED) is 0.642. The Hall–Kier alpha value is -0.220. The summed E-state index contributed by atoms with van der Waals surface area (Å²) in [5.74, 6) is 0. The highest BCUT2D eigenvalue weighted by molar-refractivity contribution is 9.10.